The van der Waals surface area contributed by atoms with E-state index >= 15 is 4.39 Å². The number of aryl methyl sites for hydroxylation is 1. The molecule has 4 aliphatic rings. The molecule has 4 heterocycles. The van der Waals surface area contributed by atoms with E-state index in [1.54, 1.807) is 19.9 Å². The fourth-order valence-corrected chi connectivity index (χ4v) is 6.47. The van der Waals surface area contributed by atoms with Gasteiger partial charge in [0.25, 0.3) is 5.56 Å². The Morgan fingerprint density at radius 1 is 1.31 bits per heavy atom. The van der Waals surface area contributed by atoms with Gasteiger partial charge in [0.15, 0.2) is 5.60 Å². The smallest absolute Gasteiger partial charge is 0.343 e. The molecule has 3 N–H and O–H groups in total. The second-order valence-electron chi connectivity index (χ2n) is 11.0. The van der Waals surface area contributed by atoms with Crippen molar-refractivity contribution in [3.63, 3.8) is 0 Å². The summed E-state index contributed by atoms with van der Waals surface area (Å²) in [4.78, 5) is 44.1. The summed E-state index contributed by atoms with van der Waals surface area (Å²) in [5, 5.41) is 25.3. The van der Waals surface area contributed by atoms with Crippen LogP contribution in [0.3, 0.4) is 0 Å². The topological polar surface area (TPSA) is 131 Å². The van der Waals surface area contributed by atoms with Crippen molar-refractivity contribution in [1.29, 1.82) is 0 Å². The number of pyridine rings is 2. The average molecular weight is 535 g/mol. The molecule has 39 heavy (non-hydrogen) atoms. The number of amides is 1. The number of esters is 1. The van der Waals surface area contributed by atoms with Crippen LogP contribution in [0.4, 0.5) is 4.39 Å². The molecule has 0 saturated heterocycles. The molecule has 1 fully saturated rings. The number of aliphatic hydroxyl groups is 2. The van der Waals surface area contributed by atoms with Gasteiger partial charge in [-0.05, 0) is 67.7 Å². The van der Waals surface area contributed by atoms with Gasteiger partial charge < -0.3 is 24.8 Å². The Labute approximate surface area is 224 Å². The molecule has 2 aromatic heterocycles. The molecule has 3 aromatic rings. The van der Waals surface area contributed by atoms with Crippen LogP contribution in [-0.4, -0.2) is 37.7 Å². The van der Waals surface area contributed by atoms with Crippen LogP contribution in [0.1, 0.15) is 73.4 Å². The summed E-state index contributed by atoms with van der Waals surface area (Å²) in [6, 6.07) is 2.33. The molecule has 0 radical (unpaired) electrons. The monoisotopic (exact) mass is 534 g/mol. The molecule has 2 aliphatic heterocycles. The Bertz CT molecular complexity index is 1750. The van der Waals surface area contributed by atoms with E-state index in [0.717, 1.165) is 5.56 Å². The number of ether oxygens (including phenoxy) is 1. The maximum Gasteiger partial charge on any atom is 0.343 e. The van der Waals surface area contributed by atoms with Crippen LogP contribution >= 0.6 is 0 Å². The highest BCUT2D eigenvalue weighted by molar-refractivity contribution is 5.94. The number of fused-ring (bicyclic) bond motifs is 5. The molecule has 7 rings (SSSR count). The first kappa shape index (κ1) is 23.3. The summed E-state index contributed by atoms with van der Waals surface area (Å²) in [6.45, 7) is 3.18. The second-order valence-corrected chi connectivity index (χ2v) is 11.0. The predicted octanol–water partition coefficient (Wildman–Crippen LogP) is 2.40. The number of rotatable bonds is 4. The molecular formula is C29H28FN3O6. The van der Waals surface area contributed by atoms with Crippen molar-refractivity contribution in [3.05, 3.63) is 61.7 Å². The molecule has 0 spiro atoms. The maximum atomic E-state index is 15.0. The average Bonchev–Trinajstić information content (AvgIpc) is 3.73. The molecule has 2 aliphatic carbocycles. The molecule has 1 amide bonds. The van der Waals surface area contributed by atoms with Crippen LogP contribution in [0.2, 0.25) is 0 Å². The molecule has 0 bridgehead atoms. The van der Waals surface area contributed by atoms with E-state index in [9.17, 15) is 24.6 Å². The number of benzene rings is 1. The van der Waals surface area contributed by atoms with E-state index < -0.39 is 46.9 Å². The standard InChI is InChI=1S/C29H28FN3O6/c1-3-29(38)17-8-21-24-15(10-33(21)27(36)16(17)11-39-28(29)37)23-19(32-26(35)25(34)13-4-5-13)7-6-14-12(2)18(30)9-20(31-24)22(14)23/h8-9,13,19,25,34,38H,3-7,10-11H2,1-2H3,(H,32,35)/t19-,25+,29-/m0/s1/i25D. The molecule has 1 aromatic carbocycles. The van der Waals surface area contributed by atoms with Crippen molar-refractivity contribution in [2.45, 2.75) is 76.8 Å². The van der Waals surface area contributed by atoms with E-state index in [-0.39, 0.29) is 30.7 Å². The van der Waals surface area contributed by atoms with Crippen molar-refractivity contribution in [1.82, 2.24) is 14.9 Å². The summed E-state index contributed by atoms with van der Waals surface area (Å²) >= 11 is 0. The number of hydrogen-bond donors (Lipinski definition) is 3. The third-order valence-corrected chi connectivity index (χ3v) is 8.88. The highest BCUT2D eigenvalue weighted by Crippen LogP contribution is 2.46. The van der Waals surface area contributed by atoms with Crippen LogP contribution < -0.4 is 10.9 Å². The van der Waals surface area contributed by atoms with Crippen LogP contribution in [0.25, 0.3) is 22.3 Å². The Morgan fingerprint density at radius 2 is 2.08 bits per heavy atom. The van der Waals surface area contributed by atoms with E-state index in [2.05, 4.69) is 5.32 Å². The number of nitrogens with zero attached hydrogens (tertiary/aromatic N) is 2. The van der Waals surface area contributed by atoms with Gasteiger partial charge in [0.2, 0.25) is 5.91 Å². The molecular weight excluding hydrogens is 505 g/mol. The fraction of sp³-hybridized carbons (Fsp3) is 0.448. The third kappa shape index (κ3) is 3.31. The lowest BCUT2D eigenvalue weighted by atomic mass is 9.81. The zero-order chi connectivity index (χ0) is 28.3. The van der Waals surface area contributed by atoms with Crippen LogP contribution in [0.15, 0.2) is 16.9 Å². The number of nitrogens with one attached hydrogen (secondary N) is 1. The SMILES string of the molecule is [2H][C@](O)(C(=O)N[C@H]1CCc2c(C)c(F)cc3nc4c(c1c23)Cn1c-4cc2c(c1=O)COC(=O)[C@]2(O)CC)C1CC1. The lowest BCUT2D eigenvalue weighted by Gasteiger charge is -2.31. The van der Waals surface area contributed by atoms with Gasteiger partial charge >= 0.3 is 5.97 Å². The van der Waals surface area contributed by atoms with Gasteiger partial charge in [-0.2, -0.15) is 0 Å². The summed E-state index contributed by atoms with van der Waals surface area (Å²) in [5.74, 6) is -2.44. The number of hydrogen-bond acceptors (Lipinski definition) is 7. The first-order valence-corrected chi connectivity index (χ1v) is 13.3. The van der Waals surface area contributed by atoms with E-state index in [0.29, 0.717) is 64.7 Å². The lowest BCUT2D eigenvalue weighted by Crippen LogP contribution is -2.44. The van der Waals surface area contributed by atoms with Gasteiger partial charge in [-0.15, -0.1) is 0 Å². The molecule has 0 unspecified atom stereocenters. The van der Waals surface area contributed by atoms with Gasteiger partial charge in [0.1, 0.15) is 18.5 Å². The van der Waals surface area contributed by atoms with E-state index in [1.165, 1.54) is 10.6 Å². The minimum Gasteiger partial charge on any atom is -0.458 e. The molecule has 202 valence electrons. The highest BCUT2D eigenvalue weighted by atomic mass is 19.1. The van der Waals surface area contributed by atoms with Crippen LogP contribution in [0.5, 0.6) is 0 Å². The van der Waals surface area contributed by atoms with Crippen molar-refractivity contribution < 1.29 is 30.3 Å². The second kappa shape index (κ2) is 8.19. The lowest BCUT2D eigenvalue weighted by molar-refractivity contribution is -0.172. The first-order valence-electron chi connectivity index (χ1n) is 13.8. The van der Waals surface area contributed by atoms with Gasteiger partial charge in [0, 0.05) is 22.6 Å². The Kier molecular flexibility index (Phi) is 4.89. The van der Waals surface area contributed by atoms with Gasteiger partial charge in [-0.1, -0.05) is 6.92 Å². The zero-order valence-corrected chi connectivity index (χ0v) is 21.6. The van der Waals surface area contributed by atoms with Crippen LogP contribution in [0, 0.1) is 18.7 Å². The van der Waals surface area contributed by atoms with Gasteiger partial charge in [0.05, 0.1) is 36.4 Å². The number of cyclic esters (lactones) is 1. The Hall–Kier alpha value is -3.63. The summed E-state index contributed by atoms with van der Waals surface area (Å²) in [5.41, 5.74) is 1.71. The number of aromatic nitrogens is 2. The minimum atomic E-state index is -2.25. The first-order chi connectivity index (χ1) is 19.0. The summed E-state index contributed by atoms with van der Waals surface area (Å²) in [6.07, 6.45) is -0.160. The van der Waals surface area contributed by atoms with Gasteiger partial charge in [-0.3, -0.25) is 9.59 Å². The molecule has 10 heteroatoms. The predicted molar refractivity (Wildman–Crippen MR) is 137 cm³/mol. The quantitative estimate of drug-likeness (QED) is 0.343. The maximum absolute atomic E-state index is 15.0. The summed E-state index contributed by atoms with van der Waals surface area (Å²) < 4.78 is 29.9. The van der Waals surface area contributed by atoms with Crippen molar-refractivity contribution in [2.75, 3.05) is 0 Å². The van der Waals surface area contributed by atoms with Crippen molar-refractivity contribution in [2.24, 2.45) is 5.92 Å². The fourth-order valence-electron chi connectivity index (χ4n) is 6.47. The largest absolute Gasteiger partial charge is 0.458 e. The van der Waals surface area contributed by atoms with Crippen molar-refractivity contribution >= 4 is 22.8 Å². The molecule has 1 saturated carbocycles. The van der Waals surface area contributed by atoms with Gasteiger partial charge in [-0.25, -0.2) is 14.2 Å². The Morgan fingerprint density at radius 3 is 2.79 bits per heavy atom. The summed E-state index contributed by atoms with van der Waals surface area (Å²) in [7, 11) is 0. The minimum absolute atomic E-state index is 0.00393. The van der Waals surface area contributed by atoms with Crippen molar-refractivity contribution in [3.8, 4) is 11.4 Å². The third-order valence-electron chi connectivity index (χ3n) is 8.88. The zero-order valence-electron chi connectivity index (χ0n) is 22.6. The highest BCUT2D eigenvalue weighted by Gasteiger charge is 2.46. The number of carbonyl (C=O) groups is 2. The Balaban J connectivity index is 1.46. The number of halogens is 1. The normalized spacial score (nSPS) is 24.8. The number of carbonyl (C=O) groups excluding carboxylic acids is 2. The van der Waals surface area contributed by atoms with E-state index in [4.69, 9.17) is 11.1 Å². The molecule has 3 atom stereocenters. The van der Waals surface area contributed by atoms with E-state index in [1.807, 2.05) is 0 Å². The van der Waals surface area contributed by atoms with Crippen LogP contribution in [-0.2, 0) is 39.5 Å². The molecule has 9 nitrogen and oxygen atoms in total.